The molecule has 0 rings (SSSR count). The molecule has 130 valence electrons. The molecule has 0 aromatic rings. The zero-order valence-electron chi connectivity index (χ0n) is 15.3. The summed E-state index contributed by atoms with van der Waals surface area (Å²) >= 11 is 0. The molecule has 0 unspecified atom stereocenters. The second-order valence-corrected chi connectivity index (χ2v) is 6.24. The summed E-state index contributed by atoms with van der Waals surface area (Å²) in [5.74, 6) is -0.162. The predicted molar refractivity (Wildman–Crippen MR) is 96.1 cm³/mol. The first-order valence-corrected chi connectivity index (χ1v) is 9.60. The van der Waals surface area contributed by atoms with Crippen LogP contribution < -0.4 is 0 Å². The monoisotopic (exact) mass is 310 g/mol. The highest BCUT2D eigenvalue weighted by Gasteiger charge is 2.03. The molecule has 0 saturated heterocycles. The highest BCUT2D eigenvalue weighted by atomic mass is 16.5. The Bertz CT molecular complexity index is 281. The van der Waals surface area contributed by atoms with E-state index in [4.69, 9.17) is 4.74 Å². The Morgan fingerprint density at radius 3 is 1.77 bits per heavy atom. The largest absolute Gasteiger partial charge is 0.463 e. The van der Waals surface area contributed by atoms with Crippen molar-refractivity contribution >= 4 is 5.97 Å². The van der Waals surface area contributed by atoms with Gasteiger partial charge in [-0.15, -0.1) is 0 Å². The van der Waals surface area contributed by atoms with E-state index in [0.717, 1.165) is 12.8 Å². The van der Waals surface area contributed by atoms with Crippen LogP contribution in [0.25, 0.3) is 0 Å². The molecule has 0 amide bonds. The normalized spacial score (nSPS) is 11.7. The summed E-state index contributed by atoms with van der Waals surface area (Å²) in [5.41, 5.74) is 1.28. The highest BCUT2D eigenvalue weighted by molar-refractivity contribution is 5.82. The SMILES string of the molecule is CCCCCCCCCCC/C(=C\C(=O)OCC)CCCC. The van der Waals surface area contributed by atoms with Gasteiger partial charge in [-0.1, -0.05) is 77.2 Å². The van der Waals surface area contributed by atoms with E-state index in [1.54, 1.807) is 6.08 Å². The quantitative estimate of drug-likeness (QED) is 0.194. The Hall–Kier alpha value is -0.790. The van der Waals surface area contributed by atoms with Gasteiger partial charge in [0.1, 0.15) is 0 Å². The molecule has 0 heterocycles. The molecule has 0 fully saturated rings. The van der Waals surface area contributed by atoms with Crippen LogP contribution in [-0.4, -0.2) is 12.6 Å². The van der Waals surface area contributed by atoms with E-state index >= 15 is 0 Å². The fourth-order valence-electron chi connectivity index (χ4n) is 2.69. The first-order valence-electron chi connectivity index (χ1n) is 9.60. The summed E-state index contributed by atoms with van der Waals surface area (Å²) in [6.45, 7) is 6.78. The molecule has 2 nitrogen and oxygen atoms in total. The molecule has 0 bridgehead atoms. The summed E-state index contributed by atoms with van der Waals surface area (Å²) in [7, 11) is 0. The van der Waals surface area contributed by atoms with Crippen LogP contribution in [-0.2, 0) is 9.53 Å². The molecule has 0 aliphatic rings. The lowest BCUT2D eigenvalue weighted by molar-refractivity contribution is -0.137. The number of carbonyl (C=O) groups excluding carboxylic acids is 1. The first-order chi connectivity index (χ1) is 10.7. The fourth-order valence-corrected chi connectivity index (χ4v) is 2.69. The van der Waals surface area contributed by atoms with E-state index in [-0.39, 0.29) is 5.97 Å². The minimum absolute atomic E-state index is 0.162. The molecule has 0 saturated carbocycles. The van der Waals surface area contributed by atoms with Crippen molar-refractivity contribution in [1.82, 2.24) is 0 Å². The standard InChI is InChI=1S/C20H38O2/c1-4-7-9-10-11-12-13-14-15-17-19(16-8-5-2)18-20(21)22-6-3/h18H,4-17H2,1-3H3/b19-18-. The van der Waals surface area contributed by atoms with Gasteiger partial charge in [-0.25, -0.2) is 4.79 Å². The Morgan fingerprint density at radius 2 is 1.23 bits per heavy atom. The van der Waals surface area contributed by atoms with Crippen molar-refractivity contribution in [2.24, 2.45) is 0 Å². The topological polar surface area (TPSA) is 26.3 Å². The van der Waals surface area contributed by atoms with E-state index in [2.05, 4.69) is 13.8 Å². The second kappa shape index (κ2) is 16.6. The molecule has 0 aromatic carbocycles. The van der Waals surface area contributed by atoms with Gasteiger partial charge in [-0.2, -0.15) is 0 Å². The molecule has 0 aliphatic heterocycles. The summed E-state index contributed by atoms with van der Waals surface area (Å²) in [5, 5.41) is 0. The third-order valence-electron chi connectivity index (χ3n) is 4.06. The van der Waals surface area contributed by atoms with Gasteiger partial charge in [0.15, 0.2) is 0 Å². The molecule has 0 radical (unpaired) electrons. The molecule has 2 heteroatoms. The van der Waals surface area contributed by atoms with E-state index < -0.39 is 0 Å². The highest BCUT2D eigenvalue weighted by Crippen LogP contribution is 2.17. The minimum Gasteiger partial charge on any atom is -0.463 e. The van der Waals surface area contributed by atoms with Crippen molar-refractivity contribution in [3.63, 3.8) is 0 Å². The van der Waals surface area contributed by atoms with E-state index in [1.165, 1.54) is 76.2 Å². The minimum atomic E-state index is -0.162. The Kier molecular flexibility index (Phi) is 16.0. The molecule has 0 aromatic heterocycles. The number of allylic oxidation sites excluding steroid dienone is 1. The Labute approximate surface area is 138 Å². The maximum absolute atomic E-state index is 11.6. The number of rotatable bonds is 15. The Balaban J connectivity index is 3.77. The lowest BCUT2D eigenvalue weighted by Crippen LogP contribution is -2.01. The van der Waals surface area contributed by atoms with E-state index in [1.807, 2.05) is 6.92 Å². The predicted octanol–water partition coefficient (Wildman–Crippen LogP) is 6.59. The lowest BCUT2D eigenvalue weighted by Gasteiger charge is -2.07. The van der Waals surface area contributed by atoms with Crippen molar-refractivity contribution in [1.29, 1.82) is 0 Å². The zero-order valence-corrected chi connectivity index (χ0v) is 15.3. The molecular weight excluding hydrogens is 272 g/mol. The molecular formula is C20H38O2. The van der Waals surface area contributed by atoms with Crippen LogP contribution >= 0.6 is 0 Å². The molecule has 0 N–H and O–H groups in total. The van der Waals surface area contributed by atoms with Crippen LogP contribution in [0, 0.1) is 0 Å². The summed E-state index contributed by atoms with van der Waals surface area (Å²) < 4.78 is 5.03. The van der Waals surface area contributed by atoms with Gasteiger partial charge in [0, 0.05) is 6.08 Å². The van der Waals surface area contributed by atoms with Crippen LogP contribution in [0.2, 0.25) is 0 Å². The average Bonchev–Trinajstić information content (AvgIpc) is 2.51. The van der Waals surface area contributed by atoms with Crippen molar-refractivity contribution in [2.75, 3.05) is 6.61 Å². The fraction of sp³-hybridized carbons (Fsp3) is 0.850. The second-order valence-electron chi connectivity index (χ2n) is 6.24. The molecule has 0 atom stereocenters. The van der Waals surface area contributed by atoms with Gasteiger partial charge in [-0.05, 0) is 32.6 Å². The van der Waals surface area contributed by atoms with Crippen LogP contribution in [0.15, 0.2) is 11.6 Å². The van der Waals surface area contributed by atoms with Crippen LogP contribution in [0.4, 0.5) is 0 Å². The smallest absolute Gasteiger partial charge is 0.330 e. The maximum atomic E-state index is 11.6. The van der Waals surface area contributed by atoms with E-state index in [9.17, 15) is 4.79 Å². The number of carbonyl (C=O) groups is 1. The molecule has 22 heavy (non-hydrogen) atoms. The van der Waals surface area contributed by atoms with E-state index in [0.29, 0.717) is 6.61 Å². The third-order valence-corrected chi connectivity index (χ3v) is 4.06. The molecule has 0 spiro atoms. The zero-order chi connectivity index (χ0) is 16.5. The van der Waals surface area contributed by atoms with Gasteiger partial charge >= 0.3 is 5.97 Å². The van der Waals surface area contributed by atoms with Crippen LogP contribution in [0.1, 0.15) is 104 Å². The number of ether oxygens (including phenoxy) is 1. The summed E-state index contributed by atoms with van der Waals surface area (Å²) in [6, 6.07) is 0. The number of unbranched alkanes of at least 4 members (excludes halogenated alkanes) is 9. The first kappa shape index (κ1) is 21.2. The third kappa shape index (κ3) is 14.2. The number of esters is 1. The van der Waals surface area contributed by atoms with Crippen molar-refractivity contribution in [2.45, 2.75) is 104 Å². The van der Waals surface area contributed by atoms with Gasteiger partial charge in [-0.3, -0.25) is 0 Å². The van der Waals surface area contributed by atoms with Crippen LogP contribution in [0.5, 0.6) is 0 Å². The number of hydrogen-bond acceptors (Lipinski definition) is 2. The Morgan fingerprint density at radius 1 is 0.727 bits per heavy atom. The summed E-state index contributed by atoms with van der Waals surface area (Å²) in [6.07, 6.45) is 18.3. The van der Waals surface area contributed by atoms with Crippen molar-refractivity contribution in [3.05, 3.63) is 11.6 Å². The van der Waals surface area contributed by atoms with Crippen molar-refractivity contribution < 1.29 is 9.53 Å². The average molecular weight is 311 g/mol. The maximum Gasteiger partial charge on any atom is 0.330 e. The van der Waals surface area contributed by atoms with Crippen molar-refractivity contribution in [3.8, 4) is 0 Å². The van der Waals surface area contributed by atoms with Gasteiger partial charge < -0.3 is 4.74 Å². The van der Waals surface area contributed by atoms with Gasteiger partial charge in [0.2, 0.25) is 0 Å². The lowest BCUT2D eigenvalue weighted by atomic mass is 10.00. The van der Waals surface area contributed by atoms with Gasteiger partial charge in [0.05, 0.1) is 6.61 Å². The van der Waals surface area contributed by atoms with Gasteiger partial charge in [0.25, 0.3) is 0 Å². The number of hydrogen-bond donors (Lipinski definition) is 0. The molecule has 0 aliphatic carbocycles. The summed E-state index contributed by atoms with van der Waals surface area (Å²) in [4.78, 5) is 11.6. The van der Waals surface area contributed by atoms with Crippen LogP contribution in [0.3, 0.4) is 0 Å².